The van der Waals surface area contributed by atoms with Crippen LogP contribution in [0.15, 0.2) is 12.3 Å². The quantitative estimate of drug-likeness (QED) is 0.814. The first-order chi connectivity index (χ1) is 7.58. The molecule has 2 N–H and O–H groups in total. The maximum Gasteiger partial charge on any atom is 0.229 e. The Balaban J connectivity index is 2.20. The first-order valence-corrected chi connectivity index (χ1v) is 5.65. The van der Waals surface area contributed by atoms with E-state index in [4.69, 9.17) is 5.73 Å². The summed E-state index contributed by atoms with van der Waals surface area (Å²) in [5.74, 6) is 1.47. The zero-order valence-electron chi connectivity index (χ0n) is 9.76. The van der Waals surface area contributed by atoms with Gasteiger partial charge in [0, 0.05) is 31.6 Å². The third-order valence-electron chi connectivity index (χ3n) is 2.66. The van der Waals surface area contributed by atoms with Gasteiger partial charge < -0.3 is 5.73 Å². The van der Waals surface area contributed by atoms with E-state index in [1.807, 2.05) is 10.7 Å². The lowest BCUT2D eigenvalue weighted by Crippen LogP contribution is -2.30. The fraction of sp³-hybridized carbons (Fsp3) is 0.636. The average molecular weight is 222 g/mol. The molecule has 0 aliphatic carbocycles. The number of rotatable bonds is 3. The van der Waals surface area contributed by atoms with Gasteiger partial charge in [0.05, 0.1) is 6.20 Å². The van der Waals surface area contributed by atoms with E-state index in [0.717, 1.165) is 12.4 Å². The van der Waals surface area contributed by atoms with Crippen molar-refractivity contribution in [1.29, 1.82) is 0 Å². The van der Waals surface area contributed by atoms with Gasteiger partial charge in [-0.1, -0.05) is 13.8 Å². The molecule has 1 unspecified atom stereocenters. The molecule has 1 aromatic heterocycles. The molecule has 0 radical (unpaired) electrons. The van der Waals surface area contributed by atoms with Crippen LogP contribution in [-0.2, 0) is 11.3 Å². The van der Waals surface area contributed by atoms with E-state index in [1.54, 1.807) is 11.1 Å². The molecule has 0 bridgehead atoms. The number of aromatic nitrogens is 2. The predicted octanol–water partition coefficient (Wildman–Crippen LogP) is 0.603. The Kier molecular flexibility index (Phi) is 2.96. The molecule has 0 aromatic carbocycles. The van der Waals surface area contributed by atoms with Gasteiger partial charge in [-0.15, -0.1) is 0 Å². The molecular weight excluding hydrogens is 204 g/mol. The average Bonchev–Trinajstić information content (AvgIpc) is 2.72. The predicted molar refractivity (Wildman–Crippen MR) is 62.0 cm³/mol. The number of amides is 1. The number of nitrogens with two attached hydrogens (primary N) is 1. The number of anilines is 1. The second kappa shape index (κ2) is 4.25. The Morgan fingerprint density at radius 3 is 2.94 bits per heavy atom. The number of nitrogens with zero attached hydrogens (tertiary/aromatic N) is 3. The van der Waals surface area contributed by atoms with Gasteiger partial charge in [-0.2, -0.15) is 5.10 Å². The molecule has 1 amide bonds. The number of carbonyl (C=O) groups excluding carboxylic acids is 1. The first kappa shape index (κ1) is 11.1. The lowest BCUT2D eigenvalue weighted by atomic mass is 10.2. The molecule has 1 fully saturated rings. The van der Waals surface area contributed by atoms with E-state index >= 15 is 0 Å². The normalized spacial score (nSPS) is 21.1. The van der Waals surface area contributed by atoms with E-state index in [0.29, 0.717) is 18.9 Å². The summed E-state index contributed by atoms with van der Waals surface area (Å²) >= 11 is 0. The molecule has 2 heterocycles. The molecule has 16 heavy (non-hydrogen) atoms. The van der Waals surface area contributed by atoms with Crippen molar-refractivity contribution >= 4 is 11.7 Å². The topological polar surface area (TPSA) is 64.2 Å². The minimum atomic E-state index is -0.0464. The molecule has 2 rings (SSSR count). The Labute approximate surface area is 95.2 Å². The molecule has 1 atom stereocenters. The summed E-state index contributed by atoms with van der Waals surface area (Å²) in [7, 11) is 0. The van der Waals surface area contributed by atoms with Crippen LogP contribution in [-0.4, -0.2) is 28.3 Å². The summed E-state index contributed by atoms with van der Waals surface area (Å²) in [6, 6.07) is 1.83. The van der Waals surface area contributed by atoms with Crippen LogP contribution in [0.25, 0.3) is 0 Å². The molecule has 5 heteroatoms. The maximum atomic E-state index is 11.7. The Morgan fingerprint density at radius 1 is 1.62 bits per heavy atom. The highest BCUT2D eigenvalue weighted by Crippen LogP contribution is 2.21. The van der Waals surface area contributed by atoms with Crippen LogP contribution in [0, 0.1) is 5.92 Å². The van der Waals surface area contributed by atoms with Crippen molar-refractivity contribution in [3.8, 4) is 0 Å². The molecule has 5 nitrogen and oxygen atoms in total. The van der Waals surface area contributed by atoms with E-state index in [2.05, 4.69) is 18.9 Å². The first-order valence-electron chi connectivity index (χ1n) is 5.65. The summed E-state index contributed by atoms with van der Waals surface area (Å²) in [6.45, 7) is 5.68. The van der Waals surface area contributed by atoms with Crippen LogP contribution in [0.2, 0.25) is 0 Å². The maximum absolute atomic E-state index is 11.7. The Hall–Kier alpha value is -1.36. The van der Waals surface area contributed by atoms with Crippen LogP contribution >= 0.6 is 0 Å². The SMILES string of the molecule is CC(C)Cn1nccc1N1CC(N)CC1=O. The van der Waals surface area contributed by atoms with Crippen LogP contribution in [0.1, 0.15) is 20.3 Å². The second-order valence-corrected chi connectivity index (χ2v) is 4.73. The highest BCUT2D eigenvalue weighted by Gasteiger charge is 2.30. The van der Waals surface area contributed by atoms with E-state index in [-0.39, 0.29) is 11.9 Å². The van der Waals surface area contributed by atoms with Crippen LogP contribution in [0.3, 0.4) is 0 Å². The smallest absolute Gasteiger partial charge is 0.229 e. The fourth-order valence-corrected chi connectivity index (χ4v) is 2.00. The van der Waals surface area contributed by atoms with Gasteiger partial charge in [-0.05, 0) is 5.92 Å². The van der Waals surface area contributed by atoms with Gasteiger partial charge in [-0.25, -0.2) is 4.68 Å². The van der Waals surface area contributed by atoms with Crippen molar-refractivity contribution in [2.75, 3.05) is 11.4 Å². The van der Waals surface area contributed by atoms with Gasteiger partial charge in [0.1, 0.15) is 5.82 Å². The van der Waals surface area contributed by atoms with Crippen LogP contribution < -0.4 is 10.6 Å². The second-order valence-electron chi connectivity index (χ2n) is 4.73. The fourth-order valence-electron chi connectivity index (χ4n) is 2.00. The van der Waals surface area contributed by atoms with E-state index in [9.17, 15) is 4.79 Å². The summed E-state index contributed by atoms with van der Waals surface area (Å²) in [4.78, 5) is 13.5. The van der Waals surface area contributed by atoms with Crippen molar-refractivity contribution in [2.45, 2.75) is 32.9 Å². The molecule has 0 saturated carbocycles. The van der Waals surface area contributed by atoms with Gasteiger partial charge in [0.25, 0.3) is 0 Å². The van der Waals surface area contributed by atoms with Gasteiger partial charge in [-0.3, -0.25) is 9.69 Å². The van der Waals surface area contributed by atoms with E-state index in [1.165, 1.54) is 0 Å². The summed E-state index contributed by atoms with van der Waals surface area (Å²) in [6.07, 6.45) is 2.17. The van der Waals surface area contributed by atoms with E-state index < -0.39 is 0 Å². The highest BCUT2D eigenvalue weighted by molar-refractivity contribution is 5.95. The number of hydrogen-bond donors (Lipinski definition) is 1. The Morgan fingerprint density at radius 2 is 2.38 bits per heavy atom. The van der Waals surface area contributed by atoms with Crippen molar-refractivity contribution in [3.05, 3.63) is 12.3 Å². The molecule has 1 saturated heterocycles. The number of hydrogen-bond acceptors (Lipinski definition) is 3. The molecule has 1 aliphatic rings. The van der Waals surface area contributed by atoms with Gasteiger partial charge >= 0.3 is 0 Å². The van der Waals surface area contributed by atoms with Crippen molar-refractivity contribution in [1.82, 2.24) is 9.78 Å². The standard InChI is InChI=1S/C11H18N4O/c1-8(2)6-15-10(3-4-13-15)14-7-9(12)5-11(14)16/h3-4,8-9H,5-7,12H2,1-2H3. The number of carbonyl (C=O) groups is 1. The zero-order valence-corrected chi connectivity index (χ0v) is 9.76. The monoisotopic (exact) mass is 222 g/mol. The van der Waals surface area contributed by atoms with Gasteiger partial charge in [0.2, 0.25) is 5.91 Å². The summed E-state index contributed by atoms with van der Waals surface area (Å²) < 4.78 is 1.88. The molecule has 1 aromatic rings. The summed E-state index contributed by atoms with van der Waals surface area (Å²) in [5, 5.41) is 4.24. The third-order valence-corrected chi connectivity index (χ3v) is 2.66. The van der Waals surface area contributed by atoms with Crippen molar-refractivity contribution < 1.29 is 4.79 Å². The van der Waals surface area contributed by atoms with Crippen molar-refractivity contribution in [2.24, 2.45) is 11.7 Å². The largest absolute Gasteiger partial charge is 0.326 e. The van der Waals surface area contributed by atoms with Crippen molar-refractivity contribution in [3.63, 3.8) is 0 Å². The minimum absolute atomic E-state index is 0.0464. The molecular formula is C11H18N4O. The summed E-state index contributed by atoms with van der Waals surface area (Å²) in [5.41, 5.74) is 5.78. The van der Waals surface area contributed by atoms with Gasteiger partial charge in [0.15, 0.2) is 0 Å². The molecule has 1 aliphatic heterocycles. The highest BCUT2D eigenvalue weighted by atomic mass is 16.2. The zero-order chi connectivity index (χ0) is 11.7. The molecule has 0 spiro atoms. The van der Waals surface area contributed by atoms with Crippen LogP contribution in [0.4, 0.5) is 5.82 Å². The molecule has 88 valence electrons. The van der Waals surface area contributed by atoms with Crippen LogP contribution in [0.5, 0.6) is 0 Å². The lowest BCUT2D eigenvalue weighted by Gasteiger charge is -2.18. The third kappa shape index (κ3) is 2.09. The lowest BCUT2D eigenvalue weighted by molar-refractivity contribution is -0.117. The Bertz CT molecular complexity index is 385. The minimum Gasteiger partial charge on any atom is -0.326 e.